The van der Waals surface area contributed by atoms with E-state index < -0.39 is 0 Å². The number of benzene rings is 1. The van der Waals surface area contributed by atoms with Crippen molar-refractivity contribution in [3.05, 3.63) is 35.4 Å². The minimum Gasteiger partial charge on any atom is -0.395 e. The predicted octanol–water partition coefficient (Wildman–Crippen LogP) is 1.60. The Bertz CT molecular complexity index is 437. The van der Waals surface area contributed by atoms with Gasteiger partial charge < -0.3 is 10.2 Å². The van der Waals surface area contributed by atoms with Crippen molar-refractivity contribution >= 4 is 0 Å². The van der Waals surface area contributed by atoms with Crippen LogP contribution in [0.4, 0.5) is 0 Å². The lowest BCUT2D eigenvalue weighted by molar-refractivity contribution is 0.147. The zero-order valence-corrected chi connectivity index (χ0v) is 13.3. The molecule has 0 aromatic heterocycles. The molecule has 2 unspecified atom stereocenters. The van der Waals surface area contributed by atoms with Crippen LogP contribution >= 0.6 is 0 Å². The number of likely N-dealkylation sites (tertiary alicyclic amines) is 2. The Morgan fingerprint density at radius 2 is 1.27 bits per heavy atom. The first-order valence-electron chi connectivity index (χ1n) is 8.58. The van der Waals surface area contributed by atoms with E-state index in [-0.39, 0.29) is 13.2 Å². The molecule has 2 aliphatic heterocycles. The lowest BCUT2D eigenvalue weighted by Gasteiger charge is -2.27. The van der Waals surface area contributed by atoms with Gasteiger partial charge >= 0.3 is 0 Å². The van der Waals surface area contributed by atoms with Gasteiger partial charge in [0.25, 0.3) is 0 Å². The maximum Gasteiger partial charge on any atom is 0.0587 e. The lowest BCUT2D eigenvalue weighted by atomic mass is 10.1. The molecule has 2 heterocycles. The molecule has 22 heavy (non-hydrogen) atoms. The molecule has 2 atom stereocenters. The highest BCUT2D eigenvalue weighted by atomic mass is 16.3. The van der Waals surface area contributed by atoms with E-state index in [1.807, 2.05) is 0 Å². The molecule has 122 valence electrons. The SMILES string of the molecule is OCC1CCCN1Cc1ccccc1CN1CCCC1CO. The van der Waals surface area contributed by atoms with Crippen LogP contribution < -0.4 is 0 Å². The Hall–Kier alpha value is -0.940. The Morgan fingerprint density at radius 3 is 1.68 bits per heavy atom. The molecule has 0 bridgehead atoms. The first kappa shape index (κ1) is 15.9. The van der Waals surface area contributed by atoms with Gasteiger partial charge in [0, 0.05) is 25.2 Å². The van der Waals surface area contributed by atoms with Crippen molar-refractivity contribution in [2.24, 2.45) is 0 Å². The summed E-state index contributed by atoms with van der Waals surface area (Å²) in [6.45, 7) is 4.56. The van der Waals surface area contributed by atoms with Crippen molar-refractivity contribution in [2.45, 2.75) is 50.9 Å². The van der Waals surface area contributed by atoms with Crippen molar-refractivity contribution < 1.29 is 10.2 Å². The molecule has 3 rings (SSSR count). The average Bonchev–Trinajstić information content (AvgIpc) is 3.17. The fourth-order valence-corrected chi connectivity index (χ4v) is 3.92. The standard InChI is InChI=1S/C18H28N2O2/c21-13-17-7-3-9-19(17)11-15-5-1-2-6-16(15)12-20-10-4-8-18(20)14-22/h1-2,5-6,17-18,21-22H,3-4,7-14H2. The molecule has 2 fully saturated rings. The molecule has 2 aliphatic rings. The summed E-state index contributed by atoms with van der Waals surface area (Å²) < 4.78 is 0. The fraction of sp³-hybridized carbons (Fsp3) is 0.667. The molecular formula is C18H28N2O2. The lowest BCUT2D eigenvalue weighted by Crippen LogP contribution is -2.34. The van der Waals surface area contributed by atoms with Crippen LogP contribution in [0.15, 0.2) is 24.3 Å². The Morgan fingerprint density at radius 1 is 0.818 bits per heavy atom. The first-order valence-corrected chi connectivity index (χ1v) is 8.58. The van der Waals surface area contributed by atoms with Gasteiger partial charge in [-0.3, -0.25) is 9.80 Å². The van der Waals surface area contributed by atoms with Crippen LogP contribution in [-0.2, 0) is 13.1 Å². The summed E-state index contributed by atoms with van der Waals surface area (Å²) >= 11 is 0. The Labute approximate surface area is 133 Å². The Kier molecular flexibility index (Phi) is 5.47. The third-order valence-electron chi connectivity index (χ3n) is 5.28. The predicted molar refractivity (Wildman–Crippen MR) is 87.5 cm³/mol. The second kappa shape index (κ2) is 7.55. The minimum atomic E-state index is 0.265. The third-order valence-corrected chi connectivity index (χ3v) is 5.28. The molecule has 2 saturated heterocycles. The highest BCUT2D eigenvalue weighted by molar-refractivity contribution is 5.27. The highest BCUT2D eigenvalue weighted by Gasteiger charge is 2.26. The van der Waals surface area contributed by atoms with Crippen LogP contribution in [-0.4, -0.2) is 58.4 Å². The van der Waals surface area contributed by atoms with Crippen LogP contribution in [0.2, 0.25) is 0 Å². The molecule has 0 amide bonds. The van der Waals surface area contributed by atoms with Gasteiger partial charge in [0.05, 0.1) is 13.2 Å². The zero-order chi connectivity index (χ0) is 15.4. The zero-order valence-electron chi connectivity index (χ0n) is 13.3. The molecular weight excluding hydrogens is 276 g/mol. The fourth-order valence-electron chi connectivity index (χ4n) is 3.92. The maximum absolute atomic E-state index is 9.50. The molecule has 1 aromatic carbocycles. The second-order valence-corrected chi connectivity index (χ2v) is 6.67. The number of aliphatic hydroxyl groups is 2. The minimum absolute atomic E-state index is 0.265. The summed E-state index contributed by atoms with van der Waals surface area (Å²) in [6, 6.07) is 9.29. The van der Waals surface area contributed by atoms with E-state index in [2.05, 4.69) is 34.1 Å². The summed E-state index contributed by atoms with van der Waals surface area (Å²) in [5.41, 5.74) is 2.73. The quantitative estimate of drug-likeness (QED) is 0.838. The van der Waals surface area contributed by atoms with Crippen molar-refractivity contribution in [1.29, 1.82) is 0 Å². The number of aliphatic hydroxyl groups excluding tert-OH is 2. The summed E-state index contributed by atoms with van der Waals surface area (Å²) in [4.78, 5) is 4.82. The molecule has 0 radical (unpaired) electrons. The van der Waals surface area contributed by atoms with Crippen molar-refractivity contribution in [2.75, 3.05) is 26.3 Å². The topological polar surface area (TPSA) is 46.9 Å². The molecule has 2 N–H and O–H groups in total. The first-order chi connectivity index (χ1) is 10.8. The normalized spacial score (nSPS) is 26.8. The summed E-state index contributed by atoms with van der Waals surface area (Å²) in [7, 11) is 0. The largest absolute Gasteiger partial charge is 0.395 e. The summed E-state index contributed by atoms with van der Waals surface area (Å²) in [6.07, 6.45) is 4.59. The number of nitrogens with zero attached hydrogens (tertiary/aromatic N) is 2. The summed E-state index contributed by atoms with van der Waals surface area (Å²) in [5.74, 6) is 0. The van der Waals surface area contributed by atoms with E-state index in [4.69, 9.17) is 0 Å². The van der Waals surface area contributed by atoms with Gasteiger partial charge in [-0.25, -0.2) is 0 Å². The number of hydrogen-bond donors (Lipinski definition) is 2. The number of rotatable bonds is 6. The van der Waals surface area contributed by atoms with Gasteiger partial charge in [-0.1, -0.05) is 24.3 Å². The average molecular weight is 304 g/mol. The van der Waals surface area contributed by atoms with Gasteiger partial charge in [0.1, 0.15) is 0 Å². The van der Waals surface area contributed by atoms with Gasteiger partial charge in [-0.15, -0.1) is 0 Å². The van der Waals surface area contributed by atoms with Gasteiger partial charge in [-0.05, 0) is 49.9 Å². The van der Waals surface area contributed by atoms with Crippen LogP contribution in [0.3, 0.4) is 0 Å². The van der Waals surface area contributed by atoms with Crippen molar-refractivity contribution in [1.82, 2.24) is 9.80 Å². The third kappa shape index (κ3) is 3.51. The van der Waals surface area contributed by atoms with Crippen molar-refractivity contribution in [3.63, 3.8) is 0 Å². The highest BCUT2D eigenvalue weighted by Crippen LogP contribution is 2.24. The monoisotopic (exact) mass is 304 g/mol. The van der Waals surface area contributed by atoms with Gasteiger partial charge in [0.2, 0.25) is 0 Å². The molecule has 1 aromatic rings. The van der Waals surface area contributed by atoms with E-state index in [0.717, 1.165) is 39.0 Å². The van der Waals surface area contributed by atoms with Gasteiger partial charge in [-0.2, -0.15) is 0 Å². The van der Waals surface area contributed by atoms with Crippen LogP contribution in [0.1, 0.15) is 36.8 Å². The van der Waals surface area contributed by atoms with Crippen LogP contribution in [0.5, 0.6) is 0 Å². The van der Waals surface area contributed by atoms with E-state index in [9.17, 15) is 10.2 Å². The van der Waals surface area contributed by atoms with E-state index >= 15 is 0 Å². The van der Waals surface area contributed by atoms with Gasteiger partial charge in [0.15, 0.2) is 0 Å². The van der Waals surface area contributed by atoms with Crippen molar-refractivity contribution in [3.8, 4) is 0 Å². The van der Waals surface area contributed by atoms with E-state index in [0.29, 0.717) is 12.1 Å². The molecule has 4 heteroatoms. The van der Waals surface area contributed by atoms with Crippen LogP contribution in [0.25, 0.3) is 0 Å². The summed E-state index contributed by atoms with van der Waals surface area (Å²) in [5, 5.41) is 19.0. The van der Waals surface area contributed by atoms with E-state index in [1.54, 1.807) is 0 Å². The van der Waals surface area contributed by atoms with Crippen LogP contribution in [0, 0.1) is 0 Å². The molecule has 0 aliphatic carbocycles. The molecule has 0 saturated carbocycles. The second-order valence-electron chi connectivity index (χ2n) is 6.67. The Balaban J connectivity index is 1.70. The maximum atomic E-state index is 9.50. The number of hydrogen-bond acceptors (Lipinski definition) is 4. The smallest absolute Gasteiger partial charge is 0.0587 e. The van der Waals surface area contributed by atoms with E-state index in [1.165, 1.54) is 24.0 Å². The molecule has 0 spiro atoms. The molecule has 4 nitrogen and oxygen atoms in total.